The first-order valence-corrected chi connectivity index (χ1v) is 9.56. The lowest BCUT2D eigenvalue weighted by molar-refractivity contribution is -0.118. The zero-order valence-corrected chi connectivity index (χ0v) is 16.3. The van der Waals surface area contributed by atoms with Gasteiger partial charge in [0.25, 0.3) is 0 Å². The van der Waals surface area contributed by atoms with Crippen molar-refractivity contribution in [2.75, 3.05) is 5.75 Å². The average Bonchev–Trinajstić information content (AvgIpc) is 3.00. The molecule has 134 valence electrons. The predicted octanol–water partition coefficient (Wildman–Crippen LogP) is 4.20. The molecule has 3 rings (SSSR count). The van der Waals surface area contributed by atoms with Crippen molar-refractivity contribution in [2.45, 2.75) is 11.7 Å². The smallest absolute Gasteiger partial charge is 0.230 e. The van der Waals surface area contributed by atoms with E-state index in [9.17, 15) is 4.79 Å². The van der Waals surface area contributed by atoms with Crippen molar-refractivity contribution in [3.63, 3.8) is 0 Å². The van der Waals surface area contributed by atoms with Crippen LogP contribution in [0.1, 0.15) is 5.56 Å². The molecule has 0 spiro atoms. The van der Waals surface area contributed by atoms with Crippen LogP contribution in [0.15, 0.2) is 53.7 Å². The Morgan fingerprint density at radius 3 is 2.62 bits per heavy atom. The van der Waals surface area contributed by atoms with Gasteiger partial charge in [-0.05, 0) is 42.0 Å². The number of aromatic nitrogens is 3. The molecule has 1 N–H and O–H groups in total. The lowest BCUT2D eigenvalue weighted by Gasteiger charge is -2.06. The molecule has 0 aliphatic rings. The summed E-state index contributed by atoms with van der Waals surface area (Å²) >= 11 is 13.2. The third-order valence-electron chi connectivity index (χ3n) is 3.65. The summed E-state index contributed by atoms with van der Waals surface area (Å²) in [6, 6.07) is 14.8. The van der Waals surface area contributed by atoms with Gasteiger partial charge in [-0.2, -0.15) is 0 Å². The molecule has 1 heterocycles. The highest BCUT2D eigenvalue weighted by Crippen LogP contribution is 2.23. The van der Waals surface area contributed by atoms with Crippen LogP contribution in [0.5, 0.6) is 0 Å². The minimum Gasteiger partial charge on any atom is -0.351 e. The summed E-state index contributed by atoms with van der Waals surface area (Å²) < 4.78 is 1.86. The van der Waals surface area contributed by atoms with Crippen LogP contribution in [0.25, 0.3) is 11.4 Å². The van der Waals surface area contributed by atoms with Crippen LogP contribution in [0.3, 0.4) is 0 Å². The second-order valence-corrected chi connectivity index (χ2v) is 7.38. The molecule has 26 heavy (non-hydrogen) atoms. The molecule has 0 bridgehead atoms. The summed E-state index contributed by atoms with van der Waals surface area (Å²) in [7, 11) is 1.87. The minimum absolute atomic E-state index is 0.0778. The van der Waals surface area contributed by atoms with Crippen LogP contribution in [-0.4, -0.2) is 26.4 Å². The monoisotopic (exact) mass is 406 g/mol. The van der Waals surface area contributed by atoms with Gasteiger partial charge in [0.15, 0.2) is 11.0 Å². The van der Waals surface area contributed by atoms with Gasteiger partial charge in [0.05, 0.1) is 5.75 Å². The quantitative estimate of drug-likeness (QED) is 0.623. The fourth-order valence-electron chi connectivity index (χ4n) is 2.32. The largest absolute Gasteiger partial charge is 0.351 e. The molecule has 8 heteroatoms. The fourth-order valence-corrected chi connectivity index (χ4v) is 3.40. The number of amides is 1. The van der Waals surface area contributed by atoms with Crippen LogP contribution in [0.2, 0.25) is 10.0 Å². The molecular weight excluding hydrogens is 391 g/mol. The Morgan fingerprint density at radius 1 is 1.12 bits per heavy atom. The van der Waals surface area contributed by atoms with Crippen molar-refractivity contribution < 1.29 is 4.79 Å². The van der Waals surface area contributed by atoms with Gasteiger partial charge in [0.2, 0.25) is 5.91 Å². The number of nitrogens with zero attached hydrogens (tertiary/aromatic N) is 3. The van der Waals surface area contributed by atoms with Crippen molar-refractivity contribution in [2.24, 2.45) is 7.05 Å². The van der Waals surface area contributed by atoms with Crippen molar-refractivity contribution >= 4 is 40.9 Å². The second-order valence-electron chi connectivity index (χ2n) is 5.57. The number of rotatable bonds is 6. The lowest BCUT2D eigenvalue weighted by atomic mass is 10.2. The van der Waals surface area contributed by atoms with Gasteiger partial charge in [0, 0.05) is 29.2 Å². The van der Waals surface area contributed by atoms with E-state index in [0.29, 0.717) is 21.7 Å². The number of hydrogen-bond donors (Lipinski definition) is 1. The SMILES string of the molecule is Cn1c(SCC(=O)NCc2cccc(Cl)c2)nnc1-c1ccc(Cl)cc1. The Bertz CT molecular complexity index is 912. The zero-order valence-electron chi connectivity index (χ0n) is 13.9. The Labute approximate surface area is 165 Å². The average molecular weight is 407 g/mol. The topological polar surface area (TPSA) is 59.8 Å². The summed E-state index contributed by atoms with van der Waals surface area (Å²) in [6.07, 6.45) is 0. The number of carbonyl (C=O) groups excluding carboxylic acids is 1. The minimum atomic E-state index is -0.0778. The van der Waals surface area contributed by atoms with Gasteiger partial charge < -0.3 is 9.88 Å². The van der Waals surface area contributed by atoms with Crippen LogP contribution < -0.4 is 5.32 Å². The van der Waals surface area contributed by atoms with Crippen molar-refractivity contribution in [1.29, 1.82) is 0 Å². The summed E-state index contributed by atoms with van der Waals surface area (Å²) in [4.78, 5) is 12.1. The number of hydrogen-bond acceptors (Lipinski definition) is 4. The van der Waals surface area contributed by atoms with Crippen molar-refractivity contribution in [3.8, 4) is 11.4 Å². The van der Waals surface area contributed by atoms with E-state index in [-0.39, 0.29) is 11.7 Å². The summed E-state index contributed by atoms with van der Waals surface area (Å²) in [5.41, 5.74) is 1.88. The molecule has 5 nitrogen and oxygen atoms in total. The molecule has 3 aromatic rings. The van der Waals surface area contributed by atoms with E-state index in [1.807, 2.05) is 54.1 Å². The maximum Gasteiger partial charge on any atom is 0.230 e. The van der Waals surface area contributed by atoms with E-state index in [0.717, 1.165) is 17.0 Å². The maximum absolute atomic E-state index is 12.1. The van der Waals surface area contributed by atoms with Crippen LogP contribution >= 0.6 is 35.0 Å². The van der Waals surface area contributed by atoms with E-state index in [2.05, 4.69) is 15.5 Å². The molecule has 1 amide bonds. The van der Waals surface area contributed by atoms with E-state index >= 15 is 0 Å². The van der Waals surface area contributed by atoms with Crippen LogP contribution in [0.4, 0.5) is 0 Å². The highest BCUT2D eigenvalue weighted by atomic mass is 35.5. The van der Waals surface area contributed by atoms with Crippen molar-refractivity contribution in [3.05, 3.63) is 64.1 Å². The third kappa shape index (κ3) is 4.78. The summed E-state index contributed by atoms with van der Waals surface area (Å²) in [5, 5.41) is 13.2. The summed E-state index contributed by atoms with van der Waals surface area (Å²) in [6.45, 7) is 0.439. The molecule has 0 atom stereocenters. The summed E-state index contributed by atoms with van der Waals surface area (Å²) in [5.74, 6) is 0.905. The fraction of sp³-hybridized carbons (Fsp3) is 0.167. The predicted molar refractivity (Wildman–Crippen MR) is 105 cm³/mol. The number of thioether (sulfide) groups is 1. The van der Waals surface area contributed by atoms with Gasteiger partial charge in [-0.15, -0.1) is 10.2 Å². The van der Waals surface area contributed by atoms with Gasteiger partial charge in [-0.25, -0.2) is 0 Å². The first-order chi connectivity index (χ1) is 12.5. The number of nitrogens with one attached hydrogen (secondary N) is 1. The first-order valence-electron chi connectivity index (χ1n) is 7.82. The molecule has 1 aromatic heterocycles. The van der Waals surface area contributed by atoms with E-state index in [1.165, 1.54) is 11.8 Å². The number of halogens is 2. The van der Waals surface area contributed by atoms with Gasteiger partial charge in [-0.3, -0.25) is 4.79 Å². The molecule has 0 unspecified atom stereocenters. The van der Waals surface area contributed by atoms with E-state index < -0.39 is 0 Å². The molecule has 0 radical (unpaired) electrons. The Kier molecular flexibility index (Phi) is 6.19. The number of carbonyl (C=O) groups is 1. The molecule has 0 aliphatic heterocycles. The van der Waals surface area contributed by atoms with Crippen molar-refractivity contribution in [1.82, 2.24) is 20.1 Å². The highest BCUT2D eigenvalue weighted by Gasteiger charge is 2.13. The van der Waals surface area contributed by atoms with Crippen LogP contribution in [-0.2, 0) is 18.4 Å². The van der Waals surface area contributed by atoms with Crippen LogP contribution in [0, 0.1) is 0 Å². The zero-order chi connectivity index (χ0) is 18.5. The molecule has 0 aliphatic carbocycles. The molecule has 0 saturated heterocycles. The van der Waals surface area contributed by atoms with Gasteiger partial charge >= 0.3 is 0 Å². The van der Waals surface area contributed by atoms with E-state index in [1.54, 1.807) is 6.07 Å². The third-order valence-corrected chi connectivity index (χ3v) is 5.16. The standard InChI is InChI=1S/C18H16Cl2N4OS/c1-24-17(13-5-7-14(19)8-6-13)22-23-18(24)26-11-16(25)21-10-12-3-2-4-15(20)9-12/h2-9H,10-11H2,1H3,(H,21,25). The van der Waals surface area contributed by atoms with Gasteiger partial charge in [0.1, 0.15) is 0 Å². The van der Waals surface area contributed by atoms with E-state index in [4.69, 9.17) is 23.2 Å². The number of benzene rings is 2. The molecule has 2 aromatic carbocycles. The molecular formula is C18H16Cl2N4OS. The van der Waals surface area contributed by atoms with Gasteiger partial charge in [-0.1, -0.05) is 47.1 Å². The Hall–Kier alpha value is -2.02. The molecule has 0 fully saturated rings. The molecule has 0 saturated carbocycles. The maximum atomic E-state index is 12.1. The second kappa shape index (κ2) is 8.58. The normalized spacial score (nSPS) is 10.7. The lowest BCUT2D eigenvalue weighted by Crippen LogP contribution is -2.24. The highest BCUT2D eigenvalue weighted by molar-refractivity contribution is 7.99. The Morgan fingerprint density at radius 2 is 1.88 bits per heavy atom. The first kappa shape index (κ1) is 18.8. The Balaban J connectivity index is 1.56.